The molecule has 2 heterocycles. The summed E-state index contributed by atoms with van der Waals surface area (Å²) in [7, 11) is 0. The molecule has 0 unspecified atom stereocenters. The van der Waals surface area contributed by atoms with Crippen LogP contribution in [0.1, 0.15) is 5.56 Å². The van der Waals surface area contributed by atoms with Gasteiger partial charge in [0.15, 0.2) is 0 Å². The first-order chi connectivity index (χ1) is 14.4. The largest absolute Gasteiger partial charge is 0.325 e. The molecule has 4 aromatic rings. The molecule has 30 heavy (non-hydrogen) atoms. The van der Waals surface area contributed by atoms with Crippen LogP contribution < -0.4 is 10.9 Å². The average Bonchev–Trinajstić information content (AvgIpc) is 3.18. The van der Waals surface area contributed by atoms with Crippen LogP contribution in [0.25, 0.3) is 16.8 Å². The van der Waals surface area contributed by atoms with Gasteiger partial charge in [-0.2, -0.15) is 5.10 Å². The average molecular weight is 444 g/mol. The van der Waals surface area contributed by atoms with Crippen LogP contribution in [-0.2, 0) is 4.79 Å². The molecule has 2 aromatic heterocycles. The molecule has 0 radical (unpaired) electrons. The van der Waals surface area contributed by atoms with Gasteiger partial charge in [-0.3, -0.25) is 9.59 Å². The third kappa shape index (κ3) is 4.07. The Hall–Kier alpha value is -3.17. The van der Waals surface area contributed by atoms with E-state index in [9.17, 15) is 14.0 Å². The second kappa shape index (κ2) is 8.29. The van der Waals surface area contributed by atoms with Crippen LogP contribution in [0.4, 0.5) is 10.1 Å². The first kappa shape index (κ1) is 20.1. The molecule has 0 aliphatic rings. The fourth-order valence-electron chi connectivity index (χ4n) is 2.81. The minimum Gasteiger partial charge on any atom is -0.325 e. The van der Waals surface area contributed by atoms with Gasteiger partial charge in [0.25, 0.3) is 5.56 Å². The van der Waals surface area contributed by atoms with Crippen molar-refractivity contribution >= 4 is 40.5 Å². The van der Waals surface area contributed by atoms with Crippen LogP contribution in [0, 0.1) is 12.7 Å². The predicted octanol–water partition coefficient (Wildman–Crippen LogP) is 3.92. The number of H-pyrrole nitrogens is 1. The van der Waals surface area contributed by atoms with Crippen molar-refractivity contribution < 1.29 is 9.18 Å². The van der Waals surface area contributed by atoms with Crippen molar-refractivity contribution in [3.05, 3.63) is 75.3 Å². The third-order valence-electron chi connectivity index (χ3n) is 4.39. The predicted molar refractivity (Wildman–Crippen MR) is 115 cm³/mol. The number of thioether (sulfide) groups is 1. The maximum Gasteiger partial charge on any atom is 0.290 e. The number of anilines is 1. The van der Waals surface area contributed by atoms with Crippen LogP contribution in [-0.4, -0.2) is 31.5 Å². The number of hydrogen-bond acceptors (Lipinski definition) is 5. The van der Waals surface area contributed by atoms with Crippen molar-refractivity contribution in [2.75, 3.05) is 11.1 Å². The molecule has 7 nitrogen and oxygen atoms in total. The third-order valence-corrected chi connectivity index (χ3v) is 5.73. The lowest BCUT2D eigenvalue weighted by Crippen LogP contribution is -2.17. The lowest BCUT2D eigenvalue weighted by molar-refractivity contribution is -0.113. The molecule has 0 bridgehead atoms. The summed E-state index contributed by atoms with van der Waals surface area (Å²) < 4.78 is 14.6. The summed E-state index contributed by atoms with van der Waals surface area (Å²) in [6.07, 6.45) is 0. The Morgan fingerprint density at radius 2 is 2.03 bits per heavy atom. The van der Waals surface area contributed by atoms with Crippen molar-refractivity contribution in [1.29, 1.82) is 0 Å². The molecule has 0 aliphatic carbocycles. The van der Waals surface area contributed by atoms with Gasteiger partial charge in [0.1, 0.15) is 11.3 Å². The summed E-state index contributed by atoms with van der Waals surface area (Å²) in [5.74, 6) is -0.567. The number of fused-ring (bicyclic) bond motifs is 1. The SMILES string of the molecule is Cc1c(Cl)cccc1NC(=O)CSc1n[nH]c(=O)c2cc(-c3ccc(F)cc3)nn12. The van der Waals surface area contributed by atoms with Crippen LogP contribution >= 0.6 is 23.4 Å². The van der Waals surface area contributed by atoms with Gasteiger partial charge >= 0.3 is 0 Å². The van der Waals surface area contributed by atoms with E-state index in [4.69, 9.17) is 11.6 Å². The summed E-state index contributed by atoms with van der Waals surface area (Å²) in [6, 6.07) is 12.7. The molecule has 10 heteroatoms. The van der Waals surface area contributed by atoms with Gasteiger partial charge in [0.2, 0.25) is 11.1 Å². The number of aromatic nitrogens is 4. The first-order valence-electron chi connectivity index (χ1n) is 8.84. The van der Waals surface area contributed by atoms with Crippen molar-refractivity contribution in [3.8, 4) is 11.3 Å². The topological polar surface area (TPSA) is 92.1 Å². The Kier molecular flexibility index (Phi) is 5.56. The molecule has 152 valence electrons. The minimum atomic E-state index is -0.417. The van der Waals surface area contributed by atoms with Gasteiger partial charge in [-0.05, 0) is 55.0 Å². The Morgan fingerprint density at radius 1 is 1.27 bits per heavy atom. The van der Waals surface area contributed by atoms with Gasteiger partial charge < -0.3 is 5.32 Å². The molecule has 0 aliphatic heterocycles. The second-order valence-corrected chi connectivity index (χ2v) is 7.77. The number of amides is 1. The van der Waals surface area contributed by atoms with Crippen LogP contribution in [0.3, 0.4) is 0 Å². The molecule has 0 saturated carbocycles. The van der Waals surface area contributed by atoms with Crippen molar-refractivity contribution in [1.82, 2.24) is 19.8 Å². The summed E-state index contributed by atoms with van der Waals surface area (Å²) in [4.78, 5) is 24.5. The van der Waals surface area contributed by atoms with E-state index in [0.717, 1.165) is 17.3 Å². The fourth-order valence-corrected chi connectivity index (χ4v) is 3.68. The summed E-state index contributed by atoms with van der Waals surface area (Å²) in [5, 5.41) is 14.5. The van der Waals surface area contributed by atoms with E-state index in [2.05, 4.69) is 20.6 Å². The van der Waals surface area contributed by atoms with Crippen LogP contribution in [0.2, 0.25) is 5.02 Å². The van der Waals surface area contributed by atoms with E-state index >= 15 is 0 Å². The fraction of sp³-hybridized carbons (Fsp3) is 0.100. The number of hydrogen-bond donors (Lipinski definition) is 2. The van der Waals surface area contributed by atoms with E-state index in [-0.39, 0.29) is 23.0 Å². The standard InChI is InChI=1S/C20H15ClFN5O2S/c1-11-14(21)3-2-4-15(11)23-18(28)10-30-20-25-24-19(29)17-9-16(26-27(17)20)12-5-7-13(22)8-6-12/h2-9H,10H2,1H3,(H,23,28)(H,24,29). The summed E-state index contributed by atoms with van der Waals surface area (Å²) in [5.41, 5.74) is 2.42. The zero-order chi connectivity index (χ0) is 21.3. The van der Waals surface area contributed by atoms with Crippen molar-refractivity contribution in [3.63, 3.8) is 0 Å². The quantitative estimate of drug-likeness (QED) is 0.456. The highest BCUT2D eigenvalue weighted by atomic mass is 35.5. The van der Waals surface area contributed by atoms with E-state index in [0.29, 0.717) is 27.1 Å². The number of nitrogens with zero attached hydrogens (tertiary/aromatic N) is 3. The maximum absolute atomic E-state index is 13.2. The lowest BCUT2D eigenvalue weighted by Gasteiger charge is -2.09. The number of aromatic amines is 1. The van der Waals surface area contributed by atoms with E-state index in [1.54, 1.807) is 36.4 Å². The molecule has 4 rings (SSSR count). The highest BCUT2D eigenvalue weighted by Crippen LogP contribution is 2.24. The minimum absolute atomic E-state index is 0.0475. The van der Waals surface area contributed by atoms with Crippen LogP contribution in [0.15, 0.2) is 58.5 Å². The monoisotopic (exact) mass is 443 g/mol. The normalized spacial score (nSPS) is 11.0. The van der Waals surface area contributed by atoms with Crippen LogP contribution in [0.5, 0.6) is 0 Å². The van der Waals surface area contributed by atoms with Gasteiger partial charge in [-0.25, -0.2) is 14.0 Å². The van der Waals surface area contributed by atoms with Gasteiger partial charge in [-0.1, -0.05) is 29.4 Å². The Labute approximate surface area is 179 Å². The highest BCUT2D eigenvalue weighted by Gasteiger charge is 2.14. The molecule has 0 spiro atoms. The lowest BCUT2D eigenvalue weighted by atomic mass is 10.1. The van der Waals surface area contributed by atoms with E-state index in [1.165, 1.54) is 16.6 Å². The second-order valence-electron chi connectivity index (χ2n) is 6.42. The molecule has 0 fully saturated rings. The van der Waals surface area contributed by atoms with E-state index in [1.807, 2.05) is 6.92 Å². The summed E-state index contributed by atoms with van der Waals surface area (Å²) >= 11 is 7.20. The maximum atomic E-state index is 13.2. The zero-order valence-corrected chi connectivity index (χ0v) is 17.2. The van der Waals surface area contributed by atoms with Gasteiger partial charge in [0.05, 0.1) is 11.4 Å². The number of carbonyl (C=O) groups is 1. The Morgan fingerprint density at radius 3 is 2.80 bits per heavy atom. The van der Waals surface area contributed by atoms with Gasteiger partial charge in [-0.15, -0.1) is 5.10 Å². The number of rotatable bonds is 5. The summed E-state index contributed by atoms with van der Waals surface area (Å²) in [6.45, 7) is 1.82. The number of carbonyl (C=O) groups excluding carboxylic acids is 1. The van der Waals surface area contributed by atoms with Crippen molar-refractivity contribution in [2.24, 2.45) is 0 Å². The smallest absolute Gasteiger partial charge is 0.290 e. The highest BCUT2D eigenvalue weighted by molar-refractivity contribution is 7.99. The van der Waals surface area contributed by atoms with Crippen molar-refractivity contribution in [2.45, 2.75) is 12.1 Å². The molecule has 0 atom stereocenters. The Balaban J connectivity index is 1.56. The molecular formula is C20H15ClFN5O2S. The molecule has 1 amide bonds. The van der Waals surface area contributed by atoms with Gasteiger partial charge in [0, 0.05) is 16.3 Å². The number of nitrogens with one attached hydrogen (secondary N) is 2. The molecule has 2 aromatic carbocycles. The zero-order valence-electron chi connectivity index (χ0n) is 15.6. The number of benzene rings is 2. The molecular weight excluding hydrogens is 429 g/mol. The van der Waals surface area contributed by atoms with E-state index < -0.39 is 5.56 Å². The Bertz CT molecular complexity index is 1300. The number of halogens is 2. The molecule has 0 saturated heterocycles. The first-order valence-corrected chi connectivity index (χ1v) is 10.2. The molecule has 2 N–H and O–H groups in total.